The van der Waals surface area contributed by atoms with Crippen LogP contribution < -0.4 is 27.4 Å². The van der Waals surface area contributed by atoms with Gasteiger partial charge in [-0.1, -0.05) is 25.5 Å². The Kier molecular flexibility index (Phi) is 7.02. The number of anilines is 3. The van der Waals surface area contributed by atoms with E-state index in [0.717, 1.165) is 65.9 Å². The number of nitrogen functional groups attached to an aromatic ring is 2. The van der Waals surface area contributed by atoms with Crippen molar-refractivity contribution in [3.8, 4) is 0 Å². The van der Waals surface area contributed by atoms with Crippen LogP contribution in [0, 0.1) is 0 Å². The number of hydrogen-bond donors (Lipinski definition) is 5. The van der Waals surface area contributed by atoms with Gasteiger partial charge in [-0.3, -0.25) is 4.79 Å². The average Bonchev–Trinajstić information content (AvgIpc) is 3.15. The van der Waals surface area contributed by atoms with Crippen molar-refractivity contribution >= 4 is 44.7 Å². The van der Waals surface area contributed by atoms with Crippen LogP contribution in [0.15, 0.2) is 30.3 Å². The highest BCUT2D eigenvalue weighted by Gasteiger charge is 2.24. The summed E-state index contributed by atoms with van der Waals surface area (Å²) in [4.78, 5) is 20.1. The molecule has 9 heteroatoms. The predicted molar refractivity (Wildman–Crippen MR) is 136 cm³/mol. The molecule has 0 saturated carbocycles. The maximum absolute atomic E-state index is 11.8. The molecule has 33 heavy (non-hydrogen) atoms. The van der Waals surface area contributed by atoms with Crippen molar-refractivity contribution in [3.63, 3.8) is 0 Å². The fraction of sp³-hybridized carbons (Fsp3) is 0.417. The fourth-order valence-electron chi connectivity index (χ4n) is 4.42. The van der Waals surface area contributed by atoms with E-state index in [4.69, 9.17) is 22.2 Å². The number of aliphatic hydroxyl groups is 1. The number of primary amides is 1. The topological polar surface area (TPSA) is 144 Å². The fourth-order valence-corrected chi connectivity index (χ4v) is 5.41. The van der Waals surface area contributed by atoms with E-state index in [0.29, 0.717) is 28.8 Å². The van der Waals surface area contributed by atoms with E-state index in [1.54, 1.807) is 12.1 Å². The summed E-state index contributed by atoms with van der Waals surface area (Å²) in [6.07, 6.45) is 3.19. The van der Waals surface area contributed by atoms with Gasteiger partial charge in [-0.2, -0.15) is 0 Å². The highest BCUT2D eigenvalue weighted by Crippen LogP contribution is 2.37. The van der Waals surface area contributed by atoms with Gasteiger partial charge in [0.25, 0.3) is 5.91 Å². The summed E-state index contributed by atoms with van der Waals surface area (Å²) in [7, 11) is 0. The first-order valence-electron chi connectivity index (χ1n) is 11.4. The first-order chi connectivity index (χ1) is 15.9. The summed E-state index contributed by atoms with van der Waals surface area (Å²) in [6, 6.07) is 9.78. The Balaban J connectivity index is 1.42. The van der Waals surface area contributed by atoms with Crippen molar-refractivity contribution in [3.05, 3.63) is 46.3 Å². The molecule has 1 unspecified atom stereocenters. The lowest BCUT2D eigenvalue weighted by molar-refractivity contribution is 0.100. The zero-order chi connectivity index (χ0) is 23.5. The number of amides is 1. The van der Waals surface area contributed by atoms with E-state index in [1.807, 2.05) is 12.1 Å². The molecule has 1 aliphatic heterocycles. The summed E-state index contributed by atoms with van der Waals surface area (Å²) >= 11 is 1.28. The summed E-state index contributed by atoms with van der Waals surface area (Å²) in [5.74, 6) is 0.413. The predicted octanol–water partition coefficient (Wildman–Crippen LogP) is 2.80. The number of pyridine rings is 1. The van der Waals surface area contributed by atoms with Gasteiger partial charge in [0.05, 0.1) is 11.8 Å². The van der Waals surface area contributed by atoms with Crippen molar-refractivity contribution in [1.29, 1.82) is 0 Å². The molecule has 1 amide bonds. The molecule has 0 radical (unpaired) electrons. The molecule has 4 rings (SSSR count). The van der Waals surface area contributed by atoms with Crippen molar-refractivity contribution in [2.45, 2.75) is 44.8 Å². The number of aromatic nitrogens is 1. The number of aliphatic hydroxyl groups excluding tert-OH is 1. The second-order valence-electron chi connectivity index (χ2n) is 8.63. The zero-order valence-corrected chi connectivity index (χ0v) is 19.7. The molecule has 1 fully saturated rings. The van der Waals surface area contributed by atoms with Gasteiger partial charge < -0.3 is 32.5 Å². The Morgan fingerprint density at radius 2 is 1.97 bits per heavy atom. The van der Waals surface area contributed by atoms with E-state index in [-0.39, 0.29) is 0 Å². The lowest BCUT2D eigenvalue weighted by atomic mass is 10.0. The molecule has 0 bridgehead atoms. The third-order valence-electron chi connectivity index (χ3n) is 6.25. The number of piperidine rings is 1. The number of nitrogens with one attached hydrogen (secondary N) is 1. The number of nitrogens with two attached hydrogens (primary N) is 3. The molecule has 3 heterocycles. The molecule has 3 aromatic rings. The Morgan fingerprint density at radius 1 is 1.27 bits per heavy atom. The monoisotopic (exact) mass is 468 g/mol. The SMILES string of the molecule is CCCc1cc(N2CCC(NCC(O)c3ccc(N)cc3)CC2)nc2sc(C(N)=O)c(N)c12. The minimum absolute atomic E-state index is 0.336. The van der Waals surface area contributed by atoms with Crippen molar-refractivity contribution in [2.75, 3.05) is 36.0 Å². The molecule has 176 valence electrons. The van der Waals surface area contributed by atoms with Gasteiger partial charge in [0.15, 0.2) is 0 Å². The number of fused-ring (bicyclic) bond motifs is 1. The van der Waals surface area contributed by atoms with Gasteiger partial charge in [0, 0.05) is 36.7 Å². The number of aryl methyl sites for hydroxylation is 1. The number of benzene rings is 1. The highest BCUT2D eigenvalue weighted by molar-refractivity contribution is 7.21. The lowest BCUT2D eigenvalue weighted by Gasteiger charge is -2.34. The number of rotatable bonds is 8. The Labute approximate surface area is 197 Å². The van der Waals surface area contributed by atoms with Gasteiger partial charge in [-0.05, 0) is 48.6 Å². The molecule has 1 atom stereocenters. The van der Waals surface area contributed by atoms with E-state index < -0.39 is 12.0 Å². The molecule has 0 spiro atoms. The van der Waals surface area contributed by atoms with Crippen LogP contribution >= 0.6 is 11.3 Å². The van der Waals surface area contributed by atoms with Crippen LogP contribution in [0.2, 0.25) is 0 Å². The summed E-state index contributed by atoms with van der Waals surface area (Å²) in [5, 5.41) is 14.8. The molecule has 2 aromatic heterocycles. The Morgan fingerprint density at radius 3 is 2.61 bits per heavy atom. The van der Waals surface area contributed by atoms with Crippen molar-refractivity contribution < 1.29 is 9.90 Å². The van der Waals surface area contributed by atoms with E-state index in [1.165, 1.54) is 11.3 Å². The summed E-state index contributed by atoms with van der Waals surface area (Å²) in [6.45, 7) is 4.36. The van der Waals surface area contributed by atoms with Crippen LogP contribution in [0.3, 0.4) is 0 Å². The maximum atomic E-state index is 11.8. The number of nitrogens with zero attached hydrogens (tertiary/aromatic N) is 2. The third-order valence-corrected chi connectivity index (χ3v) is 7.36. The van der Waals surface area contributed by atoms with Crippen molar-refractivity contribution in [2.24, 2.45) is 5.73 Å². The van der Waals surface area contributed by atoms with Crippen LogP contribution in [0.5, 0.6) is 0 Å². The first-order valence-corrected chi connectivity index (χ1v) is 12.2. The molecule has 8 N–H and O–H groups in total. The molecule has 1 saturated heterocycles. The quantitative estimate of drug-likeness (QED) is 0.320. The minimum Gasteiger partial charge on any atom is -0.399 e. The van der Waals surface area contributed by atoms with Crippen LogP contribution in [0.1, 0.15) is 53.1 Å². The van der Waals surface area contributed by atoms with Crippen LogP contribution in [0.4, 0.5) is 17.2 Å². The largest absolute Gasteiger partial charge is 0.399 e. The molecule has 1 aliphatic rings. The van der Waals surface area contributed by atoms with Crippen LogP contribution in [-0.2, 0) is 6.42 Å². The normalized spacial score (nSPS) is 15.8. The number of carbonyl (C=O) groups excluding carboxylic acids is 1. The lowest BCUT2D eigenvalue weighted by Crippen LogP contribution is -2.44. The zero-order valence-electron chi connectivity index (χ0n) is 18.9. The van der Waals surface area contributed by atoms with Crippen LogP contribution in [-0.4, -0.2) is 41.7 Å². The average molecular weight is 469 g/mol. The van der Waals surface area contributed by atoms with E-state index in [2.05, 4.69) is 23.2 Å². The number of thiophene rings is 1. The minimum atomic E-state index is -0.562. The van der Waals surface area contributed by atoms with Gasteiger partial charge in [0.1, 0.15) is 15.5 Å². The second-order valence-corrected chi connectivity index (χ2v) is 9.63. The van der Waals surface area contributed by atoms with E-state index >= 15 is 0 Å². The van der Waals surface area contributed by atoms with Crippen LogP contribution in [0.25, 0.3) is 10.2 Å². The van der Waals surface area contributed by atoms with Gasteiger partial charge in [-0.25, -0.2) is 4.98 Å². The van der Waals surface area contributed by atoms with Gasteiger partial charge >= 0.3 is 0 Å². The molecule has 0 aliphatic carbocycles. The Bertz CT molecular complexity index is 1120. The standard InChI is InChI=1S/C24H32N6O2S/c1-2-3-15-12-19(29-24-20(15)21(26)22(33-24)23(27)32)30-10-8-17(9-11-30)28-13-18(31)14-4-6-16(25)7-5-14/h4-7,12,17-18,28,31H,2-3,8-11,13,25-26H2,1H3,(H2,27,32). The molecular weight excluding hydrogens is 436 g/mol. The Hall–Kier alpha value is -2.88. The highest BCUT2D eigenvalue weighted by atomic mass is 32.1. The molecular formula is C24H32N6O2S. The van der Waals surface area contributed by atoms with E-state index in [9.17, 15) is 9.90 Å². The molecule has 1 aromatic carbocycles. The molecule has 8 nitrogen and oxygen atoms in total. The maximum Gasteiger partial charge on any atom is 0.260 e. The smallest absolute Gasteiger partial charge is 0.260 e. The van der Waals surface area contributed by atoms with Crippen molar-refractivity contribution in [1.82, 2.24) is 10.3 Å². The number of hydrogen-bond acceptors (Lipinski definition) is 8. The van der Waals surface area contributed by atoms with Gasteiger partial charge in [0.2, 0.25) is 0 Å². The summed E-state index contributed by atoms with van der Waals surface area (Å²) < 4.78 is 0. The van der Waals surface area contributed by atoms with Gasteiger partial charge in [-0.15, -0.1) is 11.3 Å². The number of carbonyl (C=O) groups is 1. The third kappa shape index (κ3) is 5.05. The summed E-state index contributed by atoms with van der Waals surface area (Å²) in [5.41, 5.74) is 20.6. The second kappa shape index (κ2) is 9.94. The first kappa shape index (κ1) is 23.3.